The van der Waals surface area contributed by atoms with Gasteiger partial charge in [0, 0.05) is 65.1 Å². The topological polar surface area (TPSA) is 87.5 Å². The average Bonchev–Trinajstić information content (AvgIpc) is 2.88. The van der Waals surface area contributed by atoms with E-state index in [9.17, 15) is 22.8 Å². The average molecular weight is 571 g/mol. The number of amides is 1. The number of aromatic nitrogens is 1. The summed E-state index contributed by atoms with van der Waals surface area (Å²) in [7, 11) is 3.76. The molecule has 0 saturated carbocycles. The fourth-order valence-electron chi connectivity index (χ4n) is 4.79. The van der Waals surface area contributed by atoms with Crippen LogP contribution in [0, 0.1) is 0 Å². The SMILES string of the molecule is CN(C)c1ccc2c(CC(=O)N[C@@H]3CC=C(Nc4cc(C(F)(F)F)nc5ccc(Cl)cc45)CC3)cc(=O)oc2c1. The number of rotatable bonds is 6. The van der Waals surface area contributed by atoms with Crippen LogP contribution < -0.4 is 21.2 Å². The standard InChI is InChI=1S/C29H26ClF3N4O3/c1-37(2)20-8-9-21-16(12-28(39)40-25(21)14-20)11-27(38)35-19-6-4-18(5-7-19)34-24-15-26(29(31,32)33)36-23-10-3-17(30)13-22(23)24/h3-4,8-10,12-15,19H,5-7,11H2,1-2H3,(H,34,36)(H,35,38)/t19-/m1/s1. The van der Waals surface area contributed by atoms with Crippen LogP contribution in [-0.2, 0) is 17.4 Å². The molecule has 1 atom stereocenters. The van der Waals surface area contributed by atoms with E-state index in [1.807, 2.05) is 37.2 Å². The van der Waals surface area contributed by atoms with E-state index in [0.717, 1.165) is 17.5 Å². The van der Waals surface area contributed by atoms with Gasteiger partial charge in [0.25, 0.3) is 0 Å². The number of hydrogen-bond acceptors (Lipinski definition) is 6. The summed E-state index contributed by atoms with van der Waals surface area (Å²) in [6.45, 7) is 0. The third-order valence-electron chi connectivity index (χ3n) is 6.81. The third kappa shape index (κ3) is 6.07. The lowest BCUT2D eigenvalue weighted by atomic mass is 9.98. The smallest absolute Gasteiger partial charge is 0.423 e. The van der Waals surface area contributed by atoms with E-state index in [1.54, 1.807) is 12.1 Å². The molecule has 7 nitrogen and oxygen atoms in total. The van der Waals surface area contributed by atoms with Crippen molar-refractivity contribution in [2.45, 2.75) is 37.9 Å². The van der Waals surface area contributed by atoms with Crippen molar-refractivity contribution in [2.24, 2.45) is 0 Å². The third-order valence-corrected chi connectivity index (χ3v) is 7.05. The summed E-state index contributed by atoms with van der Waals surface area (Å²) in [5.74, 6) is -0.233. The molecule has 1 amide bonds. The Morgan fingerprint density at radius 2 is 1.93 bits per heavy atom. The van der Waals surface area contributed by atoms with Crippen LogP contribution >= 0.6 is 11.6 Å². The van der Waals surface area contributed by atoms with Crippen molar-refractivity contribution >= 4 is 50.8 Å². The monoisotopic (exact) mass is 570 g/mol. The quantitative estimate of drug-likeness (QED) is 0.265. The van der Waals surface area contributed by atoms with E-state index in [0.29, 0.717) is 46.2 Å². The van der Waals surface area contributed by atoms with E-state index >= 15 is 0 Å². The molecule has 0 unspecified atom stereocenters. The molecule has 1 aliphatic carbocycles. The maximum absolute atomic E-state index is 13.4. The summed E-state index contributed by atoms with van der Waals surface area (Å²) in [6.07, 6.45) is -1.12. The van der Waals surface area contributed by atoms with Crippen molar-refractivity contribution < 1.29 is 22.4 Å². The Bertz CT molecular complexity index is 1700. The molecular formula is C29H26ClF3N4O3. The van der Waals surface area contributed by atoms with Crippen LogP contribution in [0.3, 0.4) is 0 Å². The van der Waals surface area contributed by atoms with Crippen LogP contribution in [0.4, 0.5) is 24.5 Å². The molecule has 11 heteroatoms. The van der Waals surface area contributed by atoms with Crippen molar-refractivity contribution in [2.75, 3.05) is 24.3 Å². The number of halogens is 4. The minimum atomic E-state index is -4.60. The van der Waals surface area contributed by atoms with Crippen molar-refractivity contribution in [1.82, 2.24) is 10.3 Å². The Labute approximate surface area is 232 Å². The summed E-state index contributed by atoms with van der Waals surface area (Å²) in [5, 5.41) is 7.68. The lowest BCUT2D eigenvalue weighted by Crippen LogP contribution is -2.37. The minimum Gasteiger partial charge on any atom is -0.423 e. The lowest BCUT2D eigenvalue weighted by molar-refractivity contribution is -0.140. The Kier molecular flexibility index (Phi) is 7.46. The Morgan fingerprint density at radius 1 is 1.12 bits per heavy atom. The lowest BCUT2D eigenvalue weighted by Gasteiger charge is -2.24. The summed E-state index contributed by atoms with van der Waals surface area (Å²) >= 11 is 6.09. The number of pyridine rings is 1. The molecule has 4 aromatic rings. The molecule has 5 rings (SSSR count). The maximum atomic E-state index is 13.4. The van der Waals surface area contributed by atoms with Gasteiger partial charge in [-0.1, -0.05) is 17.7 Å². The Morgan fingerprint density at radius 3 is 2.62 bits per heavy atom. The first-order chi connectivity index (χ1) is 19.0. The van der Waals surface area contributed by atoms with Crippen molar-refractivity contribution in [3.63, 3.8) is 0 Å². The Hall–Kier alpha value is -4.05. The number of anilines is 2. The number of nitrogens with one attached hydrogen (secondary N) is 2. The van der Waals surface area contributed by atoms with E-state index in [2.05, 4.69) is 15.6 Å². The second-order valence-corrected chi connectivity index (χ2v) is 10.4. The fourth-order valence-corrected chi connectivity index (χ4v) is 4.97. The van der Waals surface area contributed by atoms with Crippen molar-refractivity contribution in [3.05, 3.63) is 87.0 Å². The number of alkyl halides is 3. The summed E-state index contributed by atoms with van der Waals surface area (Å²) in [5.41, 5.74) is 1.53. The molecule has 1 aliphatic rings. The number of carbonyl (C=O) groups is 1. The largest absolute Gasteiger partial charge is 0.433 e. The molecule has 0 saturated heterocycles. The first-order valence-electron chi connectivity index (χ1n) is 12.6. The first-order valence-corrected chi connectivity index (χ1v) is 13.0. The van der Waals surface area contributed by atoms with Crippen LogP contribution in [-0.4, -0.2) is 31.0 Å². The van der Waals surface area contributed by atoms with Crippen LogP contribution in [0.5, 0.6) is 0 Å². The molecule has 0 radical (unpaired) electrons. The van der Waals surface area contributed by atoms with Gasteiger partial charge in [-0.15, -0.1) is 0 Å². The van der Waals surface area contributed by atoms with Gasteiger partial charge in [-0.3, -0.25) is 4.79 Å². The fraction of sp³-hybridized carbons (Fsp3) is 0.276. The van der Waals surface area contributed by atoms with Gasteiger partial charge >= 0.3 is 11.8 Å². The Balaban J connectivity index is 1.28. The van der Waals surface area contributed by atoms with E-state index in [-0.39, 0.29) is 29.6 Å². The van der Waals surface area contributed by atoms with Gasteiger partial charge in [0.15, 0.2) is 0 Å². The number of benzene rings is 2. The predicted molar refractivity (Wildman–Crippen MR) is 150 cm³/mol. The van der Waals surface area contributed by atoms with Gasteiger partial charge < -0.3 is 20.0 Å². The summed E-state index contributed by atoms with van der Waals surface area (Å²) in [4.78, 5) is 30.6. The number of hydrogen-bond donors (Lipinski definition) is 2. The van der Waals surface area contributed by atoms with Crippen LogP contribution in [0.25, 0.3) is 21.9 Å². The highest BCUT2D eigenvalue weighted by Gasteiger charge is 2.33. The highest BCUT2D eigenvalue weighted by Crippen LogP contribution is 2.35. The molecule has 40 heavy (non-hydrogen) atoms. The zero-order chi connectivity index (χ0) is 28.6. The van der Waals surface area contributed by atoms with Crippen molar-refractivity contribution in [3.8, 4) is 0 Å². The molecule has 2 aromatic carbocycles. The highest BCUT2D eigenvalue weighted by molar-refractivity contribution is 6.31. The molecule has 2 N–H and O–H groups in total. The van der Waals surface area contributed by atoms with Gasteiger partial charge in [-0.2, -0.15) is 13.2 Å². The van der Waals surface area contributed by atoms with Crippen LogP contribution in [0.2, 0.25) is 5.02 Å². The summed E-state index contributed by atoms with van der Waals surface area (Å²) in [6, 6.07) is 12.2. The number of fused-ring (bicyclic) bond motifs is 2. The number of carbonyl (C=O) groups excluding carboxylic acids is 1. The number of nitrogens with zero attached hydrogens (tertiary/aromatic N) is 2. The van der Waals surface area contributed by atoms with E-state index < -0.39 is 17.5 Å². The molecular weight excluding hydrogens is 545 g/mol. The molecule has 0 fully saturated rings. The predicted octanol–water partition coefficient (Wildman–Crippen LogP) is 6.29. The van der Waals surface area contributed by atoms with Crippen LogP contribution in [0.15, 0.2) is 69.5 Å². The highest BCUT2D eigenvalue weighted by atomic mass is 35.5. The van der Waals surface area contributed by atoms with Gasteiger partial charge in [0.05, 0.1) is 11.9 Å². The molecule has 0 spiro atoms. The van der Waals surface area contributed by atoms with Gasteiger partial charge in [0.1, 0.15) is 11.3 Å². The first kappa shape index (κ1) is 27.5. The zero-order valence-corrected chi connectivity index (χ0v) is 22.5. The minimum absolute atomic E-state index is 0.0126. The second kappa shape index (κ2) is 10.8. The van der Waals surface area contributed by atoms with Crippen molar-refractivity contribution in [1.29, 1.82) is 0 Å². The second-order valence-electron chi connectivity index (χ2n) is 9.95. The van der Waals surface area contributed by atoms with Crippen LogP contribution in [0.1, 0.15) is 30.5 Å². The maximum Gasteiger partial charge on any atom is 0.433 e. The van der Waals surface area contributed by atoms with E-state index in [1.165, 1.54) is 18.2 Å². The molecule has 0 aliphatic heterocycles. The van der Waals surface area contributed by atoms with E-state index in [4.69, 9.17) is 16.0 Å². The zero-order valence-electron chi connectivity index (χ0n) is 21.7. The molecule has 2 aromatic heterocycles. The normalized spacial score (nSPS) is 15.7. The molecule has 2 heterocycles. The molecule has 208 valence electrons. The van der Waals surface area contributed by atoms with Gasteiger partial charge in [-0.05, 0) is 61.2 Å². The molecule has 0 bridgehead atoms. The van der Waals surface area contributed by atoms with Gasteiger partial charge in [-0.25, -0.2) is 9.78 Å². The number of allylic oxidation sites excluding steroid dienone is 1. The van der Waals surface area contributed by atoms with Gasteiger partial charge in [0.2, 0.25) is 5.91 Å². The summed E-state index contributed by atoms with van der Waals surface area (Å²) < 4.78 is 45.7.